The number of fused-ring (bicyclic) bond motifs is 2. The number of sulfonamides is 1. The Labute approximate surface area is 155 Å². The van der Waals surface area contributed by atoms with Gasteiger partial charge in [0, 0.05) is 12.5 Å². The number of benzene rings is 1. The minimum absolute atomic E-state index is 0.0595. The molecule has 26 heavy (non-hydrogen) atoms. The van der Waals surface area contributed by atoms with Gasteiger partial charge in [-0.2, -0.15) is 0 Å². The first kappa shape index (κ1) is 19.1. The summed E-state index contributed by atoms with van der Waals surface area (Å²) in [6, 6.07) is 6.88. The molecule has 2 aliphatic carbocycles. The highest BCUT2D eigenvalue weighted by Gasteiger charge is 2.47. The highest BCUT2D eigenvalue weighted by molar-refractivity contribution is 7.89. The van der Waals surface area contributed by atoms with Crippen molar-refractivity contribution in [2.24, 2.45) is 17.8 Å². The second-order valence-electron chi connectivity index (χ2n) is 7.58. The van der Waals surface area contributed by atoms with Crippen LogP contribution in [0.4, 0.5) is 0 Å². The second kappa shape index (κ2) is 7.92. The molecule has 2 bridgehead atoms. The molecule has 0 saturated heterocycles. The zero-order valence-corrected chi connectivity index (χ0v) is 15.9. The van der Waals surface area contributed by atoms with Crippen LogP contribution in [0.5, 0.6) is 0 Å². The molecule has 3 rings (SSSR count). The number of aryl methyl sites for hydroxylation is 1. The van der Waals surface area contributed by atoms with E-state index in [1.54, 1.807) is 12.1 Å². The van der Waals surface area contributed by atoms with Gasteiger partial charge < -0.3 is 5.11 Å². The number of carbonyl (C=O) groups is 1. The Morgan fingerprint density at radius 1 is 1.23 bits per heavy atom. The Bertz CT molecular complexity index is 770. The van der Waals surface area contributed by atoms with Crippen molar-refractivity contribution in [3.63, 3.8) is 0 Å². The number of nitrogens with one attached hydrogen (secondary N) is 1. The molecule has 0 radical (unpaired) electrons. The van der Waals surface area contributed by atoms with E-state index in [9.17, 15) is 13.2 Å². The van der Waals surface area contributed by atoms with Gasteiger partial charge >= 0.3 is 5.97 Å². The molecular weight excluding hydrogens is 350 g/mol. The van der Waals surface area contributed by atoms with Crippen molar-refractivity contribution in [2.45, 2.75) is 56.4 Å². The van der Waals surface area contributed by atoms with E-state index in [1.807, 2.05) is 25.1 Å². The fourth-order valence-electron chi connectivity index (χ4n) is 4.38. The smallest absolute Gasteiger partial charge is 0.303 e. The Balaban J connectivity index is 1.67. The monoisotopic (exact) mass is 377 g/mol. The number of rotatable bonds is 8. The number of hydrogen-bond acceptors (Lipinski definition) is 3. The number of allylic oxidation sites excluding steroid dienone is 1. The molecule has 1 aromatic carbocycles. The first-order valence-corrected chi connectivity index (χ1v) is 10.8. The average Bonchev–Trinajstić information content (AvgIpc) is 3.17. The summed E-state index contributed by atoms with van der Waals surface area (Å²) in [7, 11) is -3.52. The summed E-state index contributed by atoms with van der Waals surface area (Å²) in [5.41, 5.74) is 1.03. The summed E-state index contributed by atoms with van der Waals surface area (Å²) in [5, 5.41) is 8.70. The standard InChI is InChI=1S/C20H27NO4S/c1-14-7-11-17(12-8-14)26(24,25)21-20-16-10-9-15(13-16)18(20)5-3-2-4-6-19(22)23/h3,5,7-8,11-12,15-16,18,20-21H,2,4,6,9-10,13H2,1H3,(H,22,23)/b5-3-/t15-,16+,18+,20+/m1/s1. The second-order valence-corrected chi connectivity index (χ2v) is 9.30. The molecule has 0 amide bonds. The predicted octanol–water partition coefficient (Wildman–Crippen LogP) is 3.50. The van der Waals surface area contributed by atoms with Crippen LogP contribution in [0.1, 0.15) is 44.1 Å². The number of carboxylic acid groups (broad SMARTS) is 1. The van der Waals surface area contributed by atoms with Crippen LogP contribution >= 0.6 is 0 Å². The van der Waals surface area contributed by atoms with Crippen LogP contribution in [0.15, 0.2) is 41.3 Å². The topological polar surface area (TPSA) is 83.5 Å². The fraction of sp³-hybridized carbons (Fsp3) is 0.550. The van der Waals surface area contributed by atoms with Crippen molar-refractivity contribution in [1.29, 1.82) is 0 Å². The average molecular weight is 378 g/mol. The number of carboxylic acids is 1. The molecule has 4 atom stereocenters. The van der Waals surface area contributed by atoms with Crippen molar-refractivity contribution in [3.05, 3.63) is 42.0 Å². The first-order valence-electron chi connectivity index (χ1n) is 9.34. The molecule has 0 spiro atoms. The summed E-state index contributed by atoms with van der Waals surface area (Å²) < 4.78 is 28.5. The molecule has 2 fully saturated rings. The normalized spacial score (nSPS) is 28.0. The van der Waals surface area contributed by atoms with Crippen LogP contribution in [0, 0.1) is 24.7 Å². The van der Waals surface area contributed by atoms with E-state index in [1.165, 1.54) is 0 Å². The fourth-order valence-corrected chi connectivity index (χ4v) is 5.72. The third-order valence-corrected chi connectivity index (χ3v) is 7.20. The van der Waals surface area contributed by atoms with Gasteiger partial charge in [0.25, 0.3) is 0 Å². The molecule has 2 aliphatic rings. The van der Waals surface area contributed by atoms with Crippen LogP contribution in [-0.2, 0) is 14.8 Å². The van der Waals surface area contributed by atoms with Gasteiger partial charge in [-0.05, 0) is 68.9 Å². The van der Waals surface area contributed by atoms with Gasteiger partial charge in [-0.15, -0.1) is 0 Å². The van der Waals surface area contributed by atoms with Gasteiger partial charge in [-0.25, -0.2) is 13.1 Å². The molecule has 0 aliphatic heterocycles. The van der Waals surface area contributed by atoms with Crippen LogP contribution in [0.2, 0.25) is 0 Å². The predicted molar refractivity (Wildman–Crippen MR) is 100 cm³/mol. The van der Waals surface area contributed by atoms with E-state index in [0.717, 1.165) is 31.2 Å². The molecule has 0 heterocycles. The van der Waals surface area contributed by atoms with Crippen molar-refractivity contribution >= 4 is 16.0 Å². The minimum Gasteiger partial charge on any atom is -0.481 e. The number of aliphatic carboxylic acids is 1. The molecular formula is C20H27NO4S. The van der Waals surface area contributed by atoms with Crippen LogP contribution in [0.25, 0.3) is 0 Å². The summed E-state index contributed by atoms with van der Waals surface area (Å²) in [6.45, 7) is 1.94. The quantitative estimate of drug-likeness (QED) is 0.536. The van der Waals surface area contributed by atoms with Crippen molar-refractivity contribution in [3.8, 4) is 0 Å². The van der Waals surface area contributed by atoms with E-state index in [4.69, 9.17) is 5.11 Å². The molecule has 2 saturated carbocycles. The Morgan fingerprint density at radius 3 is 2.62 bits per heavy atom. The minimum atomic E-state index is -3.52. The molecule has 0 unspecified atom stereocenters. The van der Waals surface area contributed by atoms with E-state index in [0.29, 0.717) is 23.2 Å². The van der Waals surface area contributed by atoms with Crippen molar-refractivity contribution in [2.75, 3.05) is 0 Å². The van der Waals surface area contributed by atoms with Crippen LogP contribution < -0.4 is 4.72 Å². The molecule has 6 heteroatoms. The molecule has 142 valence electrons. The lowest BCUT2D eigenvalue weighted by Gasteiger charge is -2.29. The molecule has 1 aromatic rings. The number of hydrogen-bond donors (Lipinski definition) is 2. The van der Waals surface area contributed by atoms with E-state index in [-0.39, 0.29) is 18.4 Å². The van der Waals surface area contributed by atoms with E-state index < -0.39 is 16.0 Å². The zero-order chi connectivity index (χ0) is 18.7. The van der Waals surface area contributed by atoms with E-state index in [2.05, 4.69) is 10.8 Å². The van der Waals surface area contributed by atoms with Gasteiger partial charge in [0.05, 0.1) is 4.90 Å². The Morgan fingerprint density at radius 2 is 1.92 bits per heavy atom. The van der Waals surface area contributed by atoms with Gasteiger partial charge in [-0.1, -0.05) is 29.8 Å². The lowest BCUT2D eigenvalue weighted by Crippen LogP contribution is -2.43. The summed E-state index contributed by atoms with van der Waals surface area (Å²) >= 11 is 0. The van der Waals surface area contributed by atoms with Gasteiger partial charge in [0.2, 0.25) is 10.0 Å². The molecule has 0 aromatic heterocycles. The summed E-state index contributed by atoms with van der Waals surface area (Å²) in [4.78, 5) is 10.9. The lowest BCUT2D eigenvalue weighted by atomic mass is 9.84. The van der Waals surface area contributed by atoms with Gasteiger partial charge in [0.1, 0.15) is 0 Å². The third-order valence-electron chi connectivity index (χ3n) is 5.72. The SMILES string of the molecule is Cc1ccc(S(=O)(=O)N[C@H]2[C@H]3CC[C@H](C3)[C@@H]2/C=C\CCCC(=O)O)cc1. The maximum absolute atomic E-state index is 12.8. The van der Waals surface area contributed by atoms with Crippen molar-refractivity contribution < 1.29 is 18.3 Å². The zero-order valence-electron chi connectivity index (χ0n) is 15.1. The Hall–Kier alpha value is -1.66. The summed E-state index contributed by atoms with van der Waals surface area (Å²) in [6.07, 6.45) is 8.96. The highest BCUT2D eigenvalue weighted by atomic mass is 32.2. The third kappa shape index (κ3) is 4.35. The molecule has 5 nitrogen and oxygen atoms in total. The van der Waals surface area contributed by atoms with Crippen LogP contribution in [-0.4, -0.2) is 25.5 Å². The largest absolute Gasteiger partial charge is 0.481 e. The van der Waals surface area contributed by atoms with Gasteiger partial charge in [0.15, 0.2) is 0 Å². The molecule has 2 N–H and O–H groups in total. The Kier molecular flexibility index (Phi) is 5.82. The summed E-state index contributed by atoms with van der Waals surface area (Å²) in [5.74, 6) is 0.358. The maximum Gasteiger partial charge on any atom is 0.303 e. The highest BCUT2D eigenvalue weighted by Crippen LogP contribution is 2.49. The number of unbranched alkanes of at least 4 members (excludes halogenated alkanes) is 1. The van der Waals surface area contributed by atoms with Gasteiger partial charge in [-0.3, -0.25) is 4.79 Å². The van der Waals surface area contributed by atoms with Crippen LogP contribution in [0.3, 0.4) is 0 Å². The maximum atomic E-state index is 12.8. The van der Waals surface area contributed by atoms with E-state index >= 15 is 0 Å². The lowest BCUT2D eigenvalue weighted by molar-refractivity contribution is -0.137. The first-order chi connectivity index (χ1) is 12.4. The van der Waals surface area contributed by atoms with Crippen molar-refractivity contribution in [1.82, 2.24) is 4.72 Å².